The van der Waals surface area contributed by atoms with Crippen molar-refractivity contribution >= 4 is 29.9 Å². The molecule has 1 aromatic rings. The molecule has 0 bridgehead atoms. The Kier molecular flexibility index (Phi) is 7.83. The highest BCUT2D eigenvalue weighted by molar-refractivity contribution is 14.0. The van der Waals surface area contributed by atoms with Gasteiger partial charge in [-0.25, -0.2) is 4.39 Å². The van der Waals surface area contributed by atoms with Gasteiger partial charge in [0.2, 0.25) is 0 Å². The van der Waals surface area contributed by atoms with E-state index in [-0.39, 0.29) is 35.9 Å². The van der Waals surface area contributed by atoms with Crippen molar-refractivity contribution in [3.05, 3.63) is 35.6 Å². The average molecular weight is 393 g/mol. The van der Waals surface area contributed by atoms with Crippen LogP contribution in [0.5, 0.6) is 0 Å². The fraction of sp³-hybridized carbons (Fsp3) is 0.500. The van der Waals surface area contributed by atoms with Gasteiger partial charge in [0.1, 0.15) is 5.82 Å². The molecule has 0 aliphatic carbocycles. The topological polar surface area (TPSA) is 45.7 Å². The fourth-order valence-corrected chi connectivity index (χ4v) is 2.07. The molecular weight excluding hydrogens is 372 g/mol. The third-order valence-electron chi connectivity index (χ3n) is 3.09. The molecule has 1 atom stereocenters. The van der Waals surface area contributed by atoms with Gasteiger partial charge in [-0.3, -0.25) is 4.99 Å². The molecule has 0 radical (unpaired) electrons. The van der Waals surface area contributed by atoms with Gasteiger partial charge < -0.3 is 15.4 Å². The van der Waals surface area contributed by atoms with Gasteiger partial charge in [0.15, 0.2) is 5.96 Å². The summed E-state index contributed by atoms with van der Waals surface area (Å²) in [6.45, 7) is 2.15. The van der Waals surface area contributed by atoms with Crippen LogP contribution in [0.25, 0.3) is 0 Å². The second-order valence-electron chi connectivity index (χ2n) is 4.57. The third-order valence-corrected chi connectivity index (χ3v) is 3.09. The van der Waals surface area contributed by atoms with Crippen LogP contribution < -0.4 is 10.6 Å². The van der Waals surface area contributed by atoms with Crippen LogP contribution >= 0.6 is 24.0 Å². The van der Waals surface area contributed by atoms with Crippen LogP contribution in [0.4, 0.5) is 4.39 Å². The van der Waals surface area contributed by atoms with E-state index in [1.54, 1.807) is 13.1 Å². The monoisotopic (exact) mass is 393 g/mol. The molecule has 1 fully saturated rings. The molecule has 1 aromatic carbocycles. The summed E-state index contributed by atoms with van der Waals surface area (Å²) >= 11 is 0. The molecule has 1 heterocycles. The summed E-state index contributed by atoms with van der Waals surface area (Å²) in [5, 5.41) is 6.37. The quantitative estimate of drug-likeness (QED) is 0.469. The molecular formula is C14H21FIN3O. The number of ether oxygens (including phenoxy) is 1. The summed E-state index contributed by atoms with van der Waals surface area (Å²) in [6, 6.07) is 6.53. The number of hydrogen-bond donors (Lipinski definition) is 2. The lowest BCUT2D eigenvalue weighted by Crippen LogP contribution is -2.40. The Morgan fingerprint density at radius 3 is 2.95 bits per heavy atom. The van der Waals surface area contributed by atoms with Gasteiger partial charge in [0, 0.05) is 26.7 Å². The van der Waals surface area contributed by atoms with E-state index in [0.29, 0.717) is 12.5 Å². The molecule has 1 aliphatic heterocycles. The molecule has 1 saturated heterocycles. The average Bonchev–Trinajstić information content (AvgIpc) is 2.92. The Labute approximate surface area is 136 Å². The van der Waals surface area contributed by atoms with E-state index in [1.165, 1.54) is 12.1 Å². The SMILES string of the molecule is CN=C(NCc1cccc(F)c1)NCC1CCCO1.I. The number of rotatable bonds is 4. The first-order valence-corrected chi connectivity index (χ1v) is 6.58. The second-order valence-corrected chi connectivity index (χ2v) is 4.57. The lowest BCUT2D eigenvalue weighted by atomic mass is 10.2. The Morgan fingerprint density at radius 2 is 2.30 bits per heavy atom. The number of benzene rings is 1. The Hall–Kier alpha value is -0.890. The second kappa shape index (κ2) is 9.12. The van der Waals surface area contributed by atoms with Crippen LogP contribution in [0.2, 0.25) is 0 Å². The van der Waals surface area contributed by atoms with E-state index in [0.717, 1.165) is 31.6 Å². The Morgan fingerprint density at radius 1 is 1.45 bits per heavy atom. The molecule has 4 nitrogen and oxygen atoms in total. The molecule has 1 aliphatic rings. The summed E-state index contributed by atoms with van der Waals surface area (Å²) in [6.07, 6.45) is 2.49. The van der Waals surface area contributed by atoms with Gasteiger partial charge in [-0.1, -0.05) is 12.1 Å². The first-order chi connectivity index (χ1) is 9.28. The minimum absolute atomic E-state index is 0. The molecule has 2 rings (SSSR count). The van der Waals surface area contributed by atoms with E-state index in [2.05, 4.69) is 15.6 Å². The number of guanidine groups is 1. The van der Waals surface area contributed by atoms with E-state index >= 15 is 0 Å². The predicted octanol–water partition coefficient (Wildman–Crippen LogP) is 2.29. The van der Waals surface area contributed by atoms with Crippen LogP contribution in [0, 0.1) is 5.82 Å². The molecule has 0 amide bonds. The zero-order valence-electron chi connectivity index (χ0n) is 11.6. The highest BCUT2D eigenvalue weighted by Gasteiger charge is 2.15. The van der Waals surface area contributed by atoms with E-state index in [1.807, 2.05) is 6.07 Å². The highest BCUT2D eigenvalue weighted by atomic mass is 127. The number of hydrogen-bond acceptors (Lipinski definition) is 2. The lowest BCUT2D eigenvalue weighted by Gasteiger charge is -2.15. The van der Waals surface area contributed by atoms with Crippen LogP contribution in [0.3, 0.4) is 0 Å². The van der Waals surface area contributed by atoms with Gasteiger partial charge >= 0.3 is 0 Å². The number of nitrogens with zero attached hydrogens (tertiary/aromatic N) is 1. The zero-order chi connectivity index (χ0) is 13.5. The van der Waals surface area contributed by atoms with E-state index in [4.69, 9.17) is 4.74 Å². The molecule has 112 valence electrons. The smallest absolute Gasteiger partial charge is 0.191 e. The normalized spacial score (nSPS) is 18.5. The summed E-state index contributed by atoms with van der Waals surface area (Å²) < 4.78 is 18.6. The Balaban J connectivity index is 0.00000200. The number of nitrogens with one attached hydrogen (secondary N) is 2. The standard InChI is InChI=1S/C14H20FN3O.HI/c1-16-14(18-10-13-6-3-7-19-13)17-9-11-4-2-5-12(15)8-11;/h2,4-5,8,13H,3,6-7,9-10H2,1H3,(H2,16,17,18);1H. The minimum atomic E-state index is -0.221. The maximum atomic E-state index is 13.0. The minimum Gasteiger partial charge on any atom is -0.376 e. The van der Waals surface area contributed by atoms with Crippen molar-refractivity contribution in [2.75, 3.05) is 20.2 Å². The first kappa shape index (κ1) is 17.2. The van der Waals surface area contributed by atoms with Crippen LogP contribution in [-0.2, 0) is 11.3 Å². The van der Waals surface area contributed by atoms with Crippen LogP contribution in [0.1, 0.15) is 18.4 Å². The molecule has 0 spiro atoms. The molecule has 0 aromatic heterocycles. The van der Waals surface area contributed by atoms with Gasteiger partial charge in [-0.2, -0.15) is 0 Å². The Bertz CT molecular complexity index is 436. The van der Waals surface area contributed by atoms with Crippen molar-refractivity contribution in [1.29, 1.82) is 0 Å². The molecule has 0 saturated carbocycles. The van der Waals surface area contributed by atoms with Crippen LogP contribution in [0.15, 0.2) is 29.3 Å². The van der Waals surface area contributed by atoms with Crippen LogP contribution in [-0.4, -0.2) is 32.3 Å². The van der Waals surface area contributed by atoms with Crippen molar-refractivity contribution in [2.24, 2.45) is 4.99 Å². The molecule has 20 heavy (non-hydrogen) atoms. The number of aliphatic imine (C=N–C) groups is 1. The van der Waals surface area contributed by atoms with Crippen molar-refractivity contribution in [1.82, 2.24) is 10.6 Å². The summed E-state index contributed by atoms with van der Waals surface area (Å²) in [7, 11) is 1.72. The van der Waals surface area contributed by atoms with Crippen molar-refractivity contribution < 1.29 is 9.13 Å². The predicted molar refractivity (Wildman–Crippen MR) is 89.0 cm³/mol. The zero-order valence-corrected chi connectivity index (χ0v) is 13.9. The van der Waals surface area contributed by atoms with Gasteiger partial charge in [0.05, 0.1) is 6.10 Å². The van der Waals surface area contributed by atoms with Gasteiger partial charge in [-0.05, 0) is 30.5 Å². The largest absolute Gasteiger partial charge is 0.376 e. The molecule has 1 unspecified atom stereocenters. The molecule has 2 N–H and O–H groups in total. The fourth-order valence-electron chi connectivity index (χ4n) is 2.07. The maximum absolute atomic E-state index is 13.0. The third kappa shape index (κ3) is 5.62. The lowest BCUT2D eigenvalue weighted by molar-refractivity contribution is 0.114. The highest BCUT2D eigenvalue weighted by Crippen LogP contribution is 2.10. The summed E-state index contributed by atoms with van der Waals surface area (Å²) in [4.78, 5) is 4.13. The molecule has 6 heteroatoms. The van der Waals surface area contributed by atoms with Gasteiger partial charge in [-0.15, -0.1) is 24.0 Å². The number of halogens is 2. The summed E-state index contributed by atoms with van der Waals surface area (Å²) in [5.74, 6) is 0.487. The van der Waals surface area contributed by atoms with E-state index < -0.39 is 0 Å². The van der Waals surface area contributed by atoms with Gasteiger partial charge in [0.25, 0.3) is 0 Å². The first-order valence-electron chi connectivity index (χ1n) is 6.58. The van der Waals surface area contributed by atoms with Crippen molar-refractivity contribution in [3.8, 4) is 0 Å². The maximum Gasteiger partial charge on any atom is 0.191 e. The van der Waals surface area contributed by atoms with Crippen molar-refractivity contribution in [2.45, 2.75) is 25.5 Å². The van der Waals surface area contributed by atoms with E-state index in [9.17, 15) is 4.39 Å². The summed E-state index contributed by atoms with van der Waals surface area (Å²) in [5.41, 5.74) is 0.889. The van der Waals surface area contributed by atoms with Crippen molar-refractivity contribution in [3.63, 3.8) is 0 Å².